The van der Waals surface area contributed by atoms with Gasteiger partial charge in [-0.05, 0) is 36.6 Å². The Morgan fingerprint density at radius 2 is 1.91 bits per heavy atom. The minimum Gasteiger partial charge on any atom is -0.467 e. The lowest BCUT2D eigenvalue weighted by molar-refractivity contribution is -0.142. The van der Waals surface area contributed by atoms with Gasteiger partial charge in [0.1, 0.15) is 6.04 Å². The lowest BCUT2D eigenvalue weighted by Crippen LogP contribution is -2.42. The van der Waals surface area contributed by atoms with Crippen molar-refractivity contribution in [2.75, 3.05) is 25.9 Å². The molecular weight excluding hydrogens is 432 g/mol. The van der Waals surface area contributed by atoms with Crippen molar-refractivity contribution in [2.45, 2.75) is 12.5 Å². The fourth-order valence-corrected chi connectivity index (χ4v) is 4.03. The summed E-state index contributed by atoms with van der Waals surface area (Å²) >= 11 is 1.57. The van der Waals surface area contributed by atoms with Gasteiger partial charge in [0.2, 0.25) is 6.79 Å². The van der Waals surface area contributed by atoms with Crippen molar-refractivity contribution in [1.82, 2.24) is 9.88 Å². The highest BCUT2D eigenvalue weighted by Crippen LogP contribution is 2.33. The number of methoxy groups -OCH3 is 1. The Labute approximate surface area is 188 Å². The van der Waals surface area contributed by atoms with Crippen LogP contribution in [-0.2, 0) is 9.53 Å². The quantitative estimate of drug-likeness (QED) is 0.549. The molecule has 0 bridgehead atoms. The summed E-state index contributed by atoms with van der Waals surface area (Å²) in [5.74, 6) is 0.817. The first-order valence-corrected chi connectivity index (χ1v) is 11.3. The van der Waals surface area contributed by atoms with Crippen molar-refractivity contribution in [3.63, 3.8) is 0 Å². The number of benzene rings is 2. The molecule has 1 amide bonds. The zero-order chi connectivity index (χ0) is 22.7. The second kappa shape index (κ2) is 9.35. The number of rotatable bonds is 7. The maximum absolute atomic E-state index is 13.2. The van der Waals surface area contributed by atoms with E-state index in [9.17, 15) is 14.4 Å². The van der Waals surface area contributed by atoms with Gasteiger partial charge in [-0.2, -0.15) is 11.8 Å². The van der Waals surface area contributed by atoms with Gasteiger partial charge in [-0.25, -0.2) is 4.79 Å². The molecule has 1 aliphatic heterocycles. The summed E-state index contributed by atoms with van der Waals surface area (Å²) in [5, 5.41) is 3.65. The Morgan fingerprint density at radius 3 is 2.66 bits per heavy atom. The average molecular weight is 455 g/mol. The summed E-state index contributed by atoms with van der Waals surface area (Å²) in [6.07, 6.45) is 3.84. The number of fused-ring (bicyclic) bond motifs is 2. The molecule has 1 aliphatic rings. The third-order valence-corrected chi connectivity index (χ3v) is 5.85. The highest BCUT2D eigenvalue weighted by Gasteiger charge is 2.24. The van der Waals surface area contributed by atoms with Crippen molar-refractivity contribution < 1.29 is 23.8 Å². The van der Waals surface area contributed by atoms with Gasteiger partial charge in [0.05, 0.1) is 18.4 Å². The maximum atomic E-state index is 13.2. The molecule has 8 nitrogen and oxygen atoms in total. The summed E-state index contributed by atoms with van der Waals surface area (Å²) in [4.78, 5) is 38.6. The fourth-order valence-electron chi connectivity index (χ4n) is 3.56. The highest BCUT2D eigenvalue weighted by molar-refractivity contribution is 7.98. The largest absolute Gasteiger partial charge is 0.467 e. The number of hydrogen-bond acceptors (Lipinski definition) is 7. The summed E-state index contributed by atoms with van der Waals surface area (Å²) in [5.41, 5.74) is 0.532. The summed E-state index contributed by atoms with van der Waals surface area (Å²) < 4.78 is 17.0. The molecule has 1 N–H and O–H groups in total. The first-order chi connectivity index (χ1) is 15.5. The minimum absolute atomic E-state index is 0.115. The van der Waals surface area contributed by atoms with E-state index < -0.39 is 17.9 Å². The van der Waals surface area contributed by atoms with Crippen LogP contribution >= 0.6 is 11.8 Å². The first kappa shape index (κ1) is 21.8. The predicted molar refractivity (Wildman–Crippen MR) is 122 cm³/mol. The molecule has 32 heavy (non-hydrogen) atoms. The van der Waals surface area contributed by atoms with E-state index in [4.69, 9.17) is 14.2 Å². The Morgan fingerprint density at radius 1 is 1.16 bits per heavy atom. The molecule has 0 unspecified atom stereocenters. The average Bonchev–Trinajstić information content (AvgIpc) is 3.29. The number of esters is 1. The second-order valence-electron chi connectivity index (χ2n) is 7.13. The zero-order valence-electron chi connectivity index (χ0n) is 17.6. The van der Waals surface area contributed by atoms with E-state index in [1.807, 2.05) is 6.26 Å². The molecule has 1 atom stereocenters. The standard InChI is InChI=1S/C23H22N2O6S/c1-29-23(28)18(9-10-32-2)24-21(26)17-12-25(22(27)16-6-4-3-5-15(16)17)14-7-8-19-20(11-14)31-13-30-19/h3-8,11-12,18H,9-10,13H2,1-2H3,(H,24,26)/t18-/m1/s1. The molecule has 0 saturated carbocycles. The van der Waals surface area contributed by atoms with E-state index in [1.165, 1.54) is 17.9 Å². The van der Waals surface area contributed by atoms with Gasteiger partial charge in [0.15, 0.2) is 11.5 Å². The SMILES string of the molecule is COC(=O)[C@@H](CCSC)NC(=O)c1cn(-c2ccc3c(c2)OCO3)c(=O)c2ccccc12. The van der Waals surface area contributed by atoms with Gasteiger partial charge in [-0.15, -0.1) is 0 Å². The molecular formula is C23H22N2O6S. The number of amides is 1. The van der Waals surface area contributed by atoms with Gasteiger partial charge in [0, 0.05) is 23.0 Å². The molecule has 3 aromatic rings. The molecule has 0 radical (unpaired) electrons. The molecule has 0 saturated heterocycles. The van der Waals surface area contributed by atoms with E-state index in [0.717, 1.165) is 0 Å². The number of thioether (sulfide) groups is 1. The van der Waals surface area contributed by atoms with Crippen molar-refractivity contribution in [3.8, 4) is 17.2 Å². The van der Waals surface area contributed by atoms with Crippen molar-refractivity contribution >= 4 is 34.4 Å². The Balaban J connectivity index is 1.79. The third-order valence-electron chi connectivity index (χ3n) is 5.21. The van der Waals surface area contributed by atoms with Crippen LogP contribution < -0.4 is 20.3 Å². The molecule has 166 valence electrons. The van der Waals surface area contributed by atoms with Crippen molar-refractivity contribution in [3.05, 3.63) is 64.6 Å². The van der Waals surface area contributed by atoms with Crippen LogP contribution in [-0.4, -0.2) is 48.4 Å². The zero-order valence-corrected chi connectivity index (χ0v) is 18.4. The van der Waals surface area contributed by atoms with Gasteiger partial charge in [-0.1, -0.05) is 18.2 Å². The summed E-state index contributed by atoms with van der Waals surface area (Å²) in [7, 11) is 1.29. The van der Waals surface area contributed by atoms with Crippen LogP contribution in [0.25, 0.3) is 16.5 Å². The molecule has 2 heterocycles. The van der Waals surface area contributed by atoms with Gasteiger partial charge < -0.3 is 19.5 Å². The summed E-state index contributed by atoms with van der Waals surface area (Å²) in [6, 6.07) is 11.2. The Hall–Kier alpha value is -3.46. The topological polar surface area (TPSA) is 95.9 Å². The molecule has 0 aliphatic carbocycles. The number of carbonyl (C=O) groups is 2. The predicted octanol–water partition coefficient (Wildman–Crippen LogP) is 2.74. The maximum Gasteiger partial charge on any atom is 0.328 e. The fraction of sp³-hybridized carbons (Fsp3) is 0.261. The van der Waals surface area contributed by atoms with E-state index in [1.54, 1.807) is 54.2 Å². The number of nitrogens with one attached hydrogen (secondary N) is 1. The normalized spacial score (nSPS) is 13.1. The highest BCUT2D eigenvalue weighted by atomic mass is 32.2. The molecule has 1 aromatic heterocycles. The van der Waals surface area contributed by atoms with Gasteiger partial charge in [0.25, 0.3) is 11.5 Å². The molecule has 4 rings (SSSR count). The number of hydrogen-bond donors (Lipinski definition) is 1. The van der Waals surface area contributed by atoms with E-state index in [-0.39, 0.29) is 17.9 Å². The number of nitrogens with zero attached hydrogens (tertiary/aromatic N) is 1. The molecule has 0 fully saturated rings. The van der Waals surface area contributed by atoms with Crippen LogP contribution in [0.1, 0.15) is 16.8 Å². The third kappa shape index (κ3) is 4.16. The summed E-state index contributed by atoms with van der Waals surface area (Å²) in [6.45, 7) is 0.115. The number of aromatic nitrogens is 1. The van der Waals surface area contributed by atoms with Gasteiger partial charge in [-0.3, -0.25) is 14.2 Å². The van der Waals surface area contributed by atoms with Crippen LogP contribution in [0.15, 0.2) is 53.5 Å². The Kier molecular flexibility index (Phi) is 6.36. The van der Waals surface area contributed by atoms with Crippen molar-refractivity contribution in [1.29, 1.82) is 0 Å². The first-order valence-electron chi connectivity index (χ1n) is 9.95. The van der Waals surface area contributed by atoms with Crippen LogP contribution in [0, 0.1) is 0 Å². The molecule has 0 spiro atoms. The smallest absolute Gasteiger partial charge is 0.328 e. The van der Waals surface area contributed by atoms with Gasteiger partial charge >= 0.3 is 5.97 Å². The van der Waals surface area contributed by atoms with E-state index in [2.05, 4.69) is 5.32 Å². The lowest BCUT2D eigenvalue weighted by Gasteiger charge is -2.18. The molecule has 2 aromatic carbocycles. The lowest BCUT2D eigenvalue weighted by atomic mass is 10.1. The van der Waals surface area contributed by atoms with Crippen molar-refractivity contribution in [2.24, 2.45) is 0 Å². The van der Waals surface area contributed by atoms with E-state index in [0.29, 0.717) is 40.1 Å². The van der Waals surface area contributed by atoms with Crippen LogP contribution in [0.4, 0.5) is 0 Å². The molecule has 9 heteroatoms. The monoisotopic (exact) mass is 454 g/mol. The minimum atomic E-state index is -0.787. The number of carbonyl (C=O) groups excluding carboxylic acids is 2. The van der Waals surface area contributed by atoms with E-state index >= 15 is 0 Å². The van der Waals surface area contributed by atoms with Crippen LogP contribution in [0.5, 0.6) is 11.5 Å². The Bertz CT molecular complexity index is 1240. The van der Waals surface area contributed by atoms with Crippen LogP contribution in [0.2, 0.25) is 0 Å². The van der Waals surface area contributed by atoms with Crippen LogP contribution in [0.3, 0.4) is 0 Å². The number of pyridine rings is 1. The number of ether oxygens (including phenoxy) is 3. The second-order valence-corrected chi connectivity index (χ2v) is 8.12.